The summed E-state index contributed by atoms with van der Waals surface area (Å²) in [6, 6.07) is 13.8. The van der Waals surface area contributed by atoms with Crippen molar-refractivity contribution in [3.05, 3.63) is 65.4 Å². The summed E-state index contributed by atoms with van der Waals surface area (Å²) in [5.74, 6) is -0.619. The van der Waals surface area contributed by atoms with E-state index in [0.29, 0.717) is 11.3 Å². The number of benzene rings is 2. The van der Waals surface area contributed by atoms with Crippen LogP contribution in [0.5, 0.6) is 0 Å². The number of imide groups is 1. The number of aromatic nitrogens is 1. The minimum atomic E-state index is -0.646. The van der Waals surface area contributed by atoms with Crippen molar-refractivity contribution in [2.24, 2.45) is 0 Å². The molecule has 2 aromatic carbocycles. The smallest absolute Gasteiger partial charge is 0.332 e. The molecule has 1 saturated heterocycles. The molecule has 6 heteroatoms. The maximum atomic E-state index is 13.0. The van der Waals surface area contributed by atoms with Crippen LogP contribution >= 0.6 is 0 Å². The molecule has 0 bridgehead atoms. The molecule has 3 aromatic rings. The fourth-order valence-electron chi connectivity index (χ4n) is 3.77. The van der Waals surface area contributed by atoms with Crippen LogP contribution in [0.2, 0.25) is 0 Å². The molecule has 0 aliphatic carbocycles. The van der Waals surface area contributed by atoms with Gasteiger partial charge >= 0.3 is 6.03 Å². The Morgan fingerprint density at radius 2 is 1.71 bits per heavy atom. The number of Topliss-reactive ketones (excluding diaryl/α,β-unsaturated/α-hetero) is 1. The molecule has 1 N–H and O–H groups in total. The third-order valence-corrected chi connectivity index (χ3v) is 5.23. The number of carbonyl (C=O) groups is 3. The van der Waals surface area contributed by atoms with Crippen LogP contribution in [0.4, 0.5) is 10.5 Å². The van der Waals surface area contributed by atoms with E-state index < -0.39 is 12.1 Å². The molecule has 1 aliphatic heterocycles. The van der Waals surface area contributed by atoms with E-state index in [4.69, 9.17) is 0 Å². The fourth-order valence-corrected chi connectivity index (χ4v) is 3.77. The second kappa shape index (κ2) is 6.64. The average molecular weight is 375 g/mol. The van der Waals surface area contributed by atoms with Crippen LogP contribution in [0.1, 0.15) is 28.5 Å². The van der Waals surface area contributed by atoms with Crippen molar-refractivity contribution in [2.45, 2.75) is 26.8 Å². The minimum Gasteiger partial charge on any atom is -0.358 e. The highest BCUT2D eigenvalue weighted by molar-refractivity contribution is 6.18. The van der Waals surface area contributed by atoms with E-state index in [0.717, 1.165) is 27.1 Å². The van der Waals surface area contributed by atoms with Gasteiger partial charge in [0.15, 0.2) is 5.78 Å². The molecule has 142 valence electrons. The molecule has 2 heterocycles. The summed E-state index contributed by atoms with van der Waals surface area (Å²) >= 11 is 0. The summed E-state index contributed by atoms with van der Waals surface area (Å²) in [7, 11) is 0. The number of para-hydroxylation sites is 1. The summed E-state index contributed by atoms with van der Waals surface area (Å²) in [4.78, 5) is 44.3. The van der Waals surface area contributed by atoms with Gasteiger partial charge in [0, 0.05) is 27.8 Å². The molecule has 28 heavy (non-hydrogen) atoms. The van der Waals surface area contributed by atoms with Crippen LogP contribution in [0.15, 0.2) is 48.5 Å². The summed E-state index contributed by atoms with van der Waals surface area (Å²) in [5, 5.41) is 0.799. The third-order valence-electron chi connectivity index (χ3n) is 5.23. The Kier molecular flexibility index (Phi) is 4.26. The van der Waals surface area contributed by atoms with Crippen molar-refractivity contribution >= 4 is 34.3 Å². The number of rotatable bonds is 4. The van der Waals surface area contributed by atoms with Gasteiger partial charge in [-0.15, -0.1) is 0 Å². The van der Waals surface area contributed by atoms with Gasteiger partial charge in [0.05, 0.1) is 6.54 Å². The Hall–Kier alpha value is -3.41. The first kappa shape index (κ1) is 18.0. The molecule has 1 atom stereocenters. The number of hydrogen-bond acceptors (Lipinski definition) is 3. The Balaban J connectivity index is 1.63. The van der Waals surface area contributed by atoms with Crippen molar-refractivity contribution in [3.8, 4) is 0 Å². The van der Waals surface area contributed by atoms with E-state index in [-0.39, 0.29) is 18.2 Å². The zero-order chi connectivity index (χ0) is 20.0. The average Bonchev–Trinajstić information content (AvgIpc) is 3.11. The molecule has 4 rings (SSSR count). The van der Waals surface area contributed by atoms with Gasteiger partial charge in [0.1, 0.15) is 6.04 Å². The standard InChI is InChI=1S/C22H21N3O3/c1-13-8-10-16(11-9-13)25-15(3)21(27)24(22(25)28)12-19(26)20-14(2)23-18-7-5-4-6-17(18)20/h4-11,15,23H,12H2,1-3H3/t15-/m1/s1. The number of fused-ring (bicyclic) bond motifs is 1. The normalized spacial score (nSPS) is 17.0. The molecule has 3 amide bonds. The number of anilines is 1. The van der Waals surface area contributed by atoms with Crippen LogP contribution in [0.3, 0.4) is 0 Å². The van der Waals surface area contributed by atoms with Crippen LogP contribution in [0.25, 0.3) is 10.9 Å². The lowest BCUT2D eigenvalue weighted by atomic mass is 10.1. The van der Waals surface area contributed by atoms with Gasteiger partial charge in [-0.05, 0) is 39.0 Å². The molecule has 6 nitrogen and oxygen atoms in total. The molecule has 0 saturated carbocycles. The first-order chi connectivity index (χ1) is 13.4. The monoisotopic (exact) mass is 375 g/mol. The second-order valence-electron chi connectivity index (χ2n) is 7.18. The Morgan fingerprint density at radius 3 is 2.43 bits per heavy atom. The van der Waals surface area contributed by atoms with Crippen molar-refractivity contribution in [1.82, 2.24) is 9.88 Å². The molecule has 1 aliphatic rings. The number of ketones is 1. The summed E-state index contributed by atoms with van der Waals surface area (Å²) in [6.45, 7) is 5.19. The van der Waals surface area contributed by atoms with E-state index in [1.807, 2.05) is 62.4 Å². The van der Waals surface area contributed by atoms with Crippen LogP contribution in [0, 0.1) is 13.8 Å². The van der Waals surface area contributed by atoms with Gasteiger partial charge < -0.3 is 4.98 Å². The van der Waals surface area contributed by atoms with Gasteiger partial charge in [-0.1, -0.05) is 35.9 Å². The van der Waals surface area contributed by atoms with Gasteiger partial charge in [-0.3, -0.25) is 19.4 Å². The lowest BCUT2D eigenvalue weighted by molar-refractivity contribution is -0.126. The number of H-pyrrole nitrogens is 1. The van der Waals surface area contributed by atoms with E-state index in [1.165, 1.54) is 4.90 Å². The van der Waals surface area contributed by atoms with Gasteiger partial charge in [-0.2, -0.15) is 0 Å². The molecular formula is C22H21N3O3. The second-order valence-corrected chi connectivity index (χ2v) is 7.18. The SMILES string of the molecule is Cc1ccc(N2C(=O)N(CC(=O)c3c(C)[nH]c4ccccc34)C(=O)[C@H]2C)cc1. The van der Waals surface area contributed by atoms with E-state index in [2.05, 4.69) is 4.98 Å². The number of urea groups is 1. The zero-order valence-electron chi connectivity index (χ0n) is 16.0. The predicted octanol–water partition coefficient (Wildman–Crippen LogP) is 3.82. The highest BCUT2D eigenvalue weighted by Gasteiger charge is 2.44. The Morgan fingerprint density at radius 1 is 1.04 bits per heavy atom. The molecule has 0 radical (unpaired) electrons. The lowest BCUT2D eigenvalue weighted by Gasteiger charge is -2.19. The van der Waals surface area contributed by atoms with Crippen LogP contribution < -0.4 is 4.90 Å². The summed E-state index contributed by atoms with van der Waals surface area (Å²) in [5.41, 5.74) is 3.83. The largest absolute Gasteiger partial charge is 0.358 e. The topological polar surface area (TPSA) is 73.5 Å². The molecule has 1 fully saturated rings. The molecular weight excluding hydrogens is 354 g/mol. The predicted molar refractivity (Wildman–Crippen MR) is 108 cm³/mol. The number of nitrogens with zero attached hydrogens (tertiary/aromatic N) is 2. The number of nitrogens with one attached hydrogen (secondary N) is 1. The summed E-state index contributed by atoms with van der Waals surface area (Å²) < 4.78 is 0. The highest BCUT2D eigenvalue weighted by Crippen LogP contribution is 2.28. The van der Waals surface area contributed by atoms with Crippen LogP contribution in [-0.2, 0) is 4.79 Å². The number of hydrogen-bond donors (Lipinski definition) is 1. The first-order valence-electron chi connectivity index (χ1n) is 9.20. The first-order valence-corrected chi connectivity index (χ1v) is 9.20. The molecule has 0 spiro atoms. The molecule has 0 unspecified atom stereocenters. The Bertz CT molecular complexity index is 1100. The number of amides is 3. The number of carbonyl (C=O) groups excluding carboxylic acids is 3. The van der Waals surface area contributed by atoms with Crippen molar-refractivity contribution in [3.63, 3.8) is 0 Å². The summed E-state index contributed by atoms with van der Waals surface area (Å²) in [6.07, 6.45) is 0. The van der Waals surface area contributed by atoms with Gasteiger partial charge in [0.2, 0.25) is 0 Å². The maximum Gasteiger partial charge on any atom is 0.332 e. The minimum absolute atomic E-state index is 0.255. The lowest BCUT2D eigenvalue weighted by Crippen LogP contribution is -2.37. The quantitative estimate of drug-likeness (QED) is 0.556. The van der Waals surface area contributed by atoms with Crippen molar-refractivity contribution < 1.29 is 14.4 Å². The number of aryl methyl sites for hydroxylation is 2. The fraction of sp³-hybridized carbons (Fsp3) is 0.227. The van der Waals surface area contributed by atoms with E-state index in [9.17, 15) is 14.4 Å². The zero-order valence-corrected chi connectivity index (χ0v) is 16.0. The number of aromatic amines is 1. The van der Waals surface area contributed by atoms with Crippen molar-refractivity contribution in [1.29, 1.82) is 0 Å². The maximum absolute atomic E-state index is 13.0. The van der Waals surface area contributed by atoms with Gasteiger partial charge in [0.25, 0.3) is 5.91 Å². The van der Waals surface area contributed by atoms with Gasteiger partial charge in [-0.25, -0.2) is 4.79 Å². The van der Waals surface area contributed by atoms with E-state index >= 15 is 0 Å². The van der Waals surface area contributed by atoms with Crippen LogP contribution in [-0.4, -0.2) is 40.2 Å². The van der Waals surface area contributed by atoms with E-state index in [1.54, 1.807) is 6.92 Å². The third kappa shape index (κ3) is 2.78. The highest BCUT2D eigenvalue weighted by atomic mass is 16.2. The Labute approximate surface area is 162 Å². The van der Waals surface area contributed by atoms with Crippen molar-refractivity contribution in [2.75, 3.05) is 11.4 Å². The molecule has 1 aromatic heterocycles.